The van der Waals surface area contributed by atoms with Gasteiger partial charge in [0.25, 0.3) is 0 Å². The van der Waals surface area contributed by atoms with E-state index in [9.17, 15) is 48.3 Å². The Labute approximate surface area is 607 Å². The number of nitrogens with zero attached hydrogens (tertiary/aromatic N) is 2. The van der Waals surface area contributed by atoms with Crippen LogP contribution in [0.5, 0.6) is 0 Å². The first-order valence-corrected chi connectivity index (χ1v) is 34.9. The molecule has 0 unspecified atom stereocenters. The molecule has 2 saturated carbocycles. The number of carbonyl (C=O) groups excluding carboxylic acids is 11. The summed E-state index contributed by atoms with van der Waals surface area (Å²) in [5, 5.41) is 28.2. The minimum absolute atomic E-state index is 0.0548. The van der Waals surface area contributed by atoms with E-state index in [1.165, 1.54) is 52.3 Å². The van der Waals surface area contributed by atoms with Crippen LogP contribution in [0, 0.1) is 28.6 Å². The highest BCUT2D eigenvalue weighted by Gasteiger charge is 2.78. The lowest BCUT2D eigenvalue weighted by molar-refractivity contribution is -0.347. The van der Waals surface area contributed by atoms with Gasteiger partial charge in [-0.25, -0.2) is 24.0 Å². The van der Waals surface area contributed by atoms with E-state index in [-0.39, 0.29) is 81.6 Å². The second-order valence-electron chi connectivity index (χ2n) is 29.6. The summed E-state index contributed by atoms with van der Waals surface area (Å²) in [5.41, 5.74) is -0.847. The van der Waals surface area contributed by atoms with Crippen LogP contribution in [0.3, 0.4) is 0 Å². The maximum Gasteiger partial charge on any atom is 0.410 e. The van der Waals surface area contributed by atoms with Crippen LogP contribution >= 0.6 is 0 Å². The number of likely N-dealkylation sites (N-methyl/N-ethyl adjacent to an activating group) is 2. The fourth-order valence-corrected chi connectivity index (χ4v) is 14.3. The number of ether oxygens (including phenoxy) is 9. The van der Waals surface area contributed by atoms with Crippen LogP contribution < -0.4 is 32.3 Å². The largest absolute Gasteiger partial charge is 0.455 e. The zero-order valence-corrected chi connectivity index (χ0v) is 62.4. The molecule has 104 heavy (non-hydrogen) atoms. The van der Waals surface area contributed by atoms with Gasteiger partial charge in [0.15, 0.2) is 17.2 Å². The molecule has 3 fully saturated rings. The Hall–Kier alpha value is -8.87. The van der Waals surface area contributed by atoms with E-state index in [0.29, 0.717) is 22.4 Å². The van der Waals surface area contributed by atoms with Crippen molar-refractivity contribution in [2.45, 2.75) is 187 Å². The summed E-state index contributed by atoms with van der Waals surface area (Å²) in [6.07, 6.45) is -10.2. The number of carbonyl (C=O) groups is 11. The third kappa shape index (κ3) is 19.0. The number of nitrogens with two attached hydrogens (primary N) is 1. The summed E-state index contributed by atoms with van der Waals surface area (Å²) >= 11 is 0. The Morgan fingerprint density at radius 2 is 1.42 bits per heavy atom. The number of nitrogens with one attached hydrogen (secondary N) is 5. The SMILES string of the molecule is CO[C@H]1C(=O)[C@]2(C)[C@@H](OC)C[C@H]3OC[C@@]3(OC(C)=O)[C@H]2[C@H](OC(=O)c2ccccc2)[C@]2(O)C[C@H](OC(=O)[C@H](OC(=O)N(C)CCN(C)C(=O)OCc3ccc(NC(=O)[C@H](CCCNC(N)=O)NC(=O)[C@@H](NC(=O)COCC(=O)C(C)C)C(C)C)cc3)[C@@H](NC(C)(C)C)c3ccccc3)C(C)=C1C2(C)C. The minimum Gasteiger partial charge on any atom is -0.455 e. The molecule has 29 heteroatoms. The van der Waals surface area contributed by atoms with Gasteiger partial charge in [0.1, 0.15) is 61.9 Å². The molecule has 2 bridgehead atoms. The number of fused-ring (bicyclic) bond motifs is 5. The summed E-state index contributed by atoms with van der Waals surface area (Å²) < 4.78 is 55.2. The van der Waals surface area contributed by atoms with E-state index in [0.717, 1.165) is 4.90 Å². The number of benzene rings is 3. The maximum atomic E-state index is 16.0. The van der Waals surface area contributed by atoms with Crippen LogP contribution in [0.2, 0.25) is 0 Å². The quantitative estimate of drug-likeness (QED) is 0.0167. The van der Waals surface area contributed by atoms with Crippen molar-refractivity contribution in [3.63, 3.8) is 0 Å². The summed E-state index contributed by atoms with van der Waals surface area (Å²) in [6.45, 7) is 18.9. The van der Waals surface area contributed by atoms with Crippen molar-refractivity contribution < 1.29 is 100 Å². The first-order valence-electron chi connectivity index (χ1n) is 34.9. The summed E-state index contributed by atoms with van der Waals surface area (Å²) in [6, 6.07) is 19.0. The lowest BCUT2D eigenvalue weighted by Crippen LogP contribution is -2.82. The van der Waals surface area contributed by atoms with Gasteiger partial charge in [0.05, 0.1) is 35.6 Å². The highest BCUT2D eigenvalue weighted by Crippen LogP contribution is 2.65. The van der Waals surface area contributed by atoms with Crippen molar-refractivity contribution in [3.8, 4) is 0 Å². The first-order chi connectivity index (χ1) is 48.8. The summed E-state index contributed by atoms with van der Waals surface area (Å²) in [7, 11) is 5.62. The van der Waals surface area contributed by atoms with Crippen molar-refractivity contribution in [2.75, 3.05) is 73.1 Å². The number of urea groups is 1. The Morgan fingerprint density at radius 1 is 0.798 bits per heavy atom. The molecule has 8 N–H and O–H groups in total. The summed E-state index contributed by atoms with van der Waals surface area (Å²) in [5.74, 6) is -7.48. The van der Waals surface area contributed by atoms with Crippen LogP contribution in [-0.4, -0.2) is 214 Å². The Balaban J connectivity index is 1.09. The predicted molar refractivity (Wildman–Crippen MR) is 378 cm³/mol. The van der Waals surface area contributed by atoms with Gasteiger partial charge in [0, 0.05) is 90.3 Å². The molecule has 3 aromatic rings. The molecule has 4 aliphatic rings. The number of methoxy groups -OCH3 is 2. The second kappa shape index (κ2) is 34.8. The van der Waals surface area contributed by atoms with E-state index in [1.807, 2.05) is 20.8 Å². The highest BCUT2D eigenvalue weighted by atomic mass is 16.6. The first kappa shape index (κ1) is 82.4. The lowest BCUT2D eigenvalue weighted by Gasteiger charge is -2.67. The van der Waals surface area contributed by atoms with Crippen LogP contribution in [0.1, 0.15) is 136 Å². The molecule has 1 heterocycles. The van der Waals surface area contributed by atoms with Gasteiger partial charge in [-0.1, -0.05) is 102 Å². The number of primary amides is 1. The highest BCUT2D eigenvalue weighted by molar-refractivity contribution is 5.99. The topological polar surface area (TPSA) is 384 Å². The monoisotopic (exact) mass is 1450 g/mol. The zero-order valence-electron chi connectivity index (χ0n) is 62.4. The van der Waals surface area contributed by atoms with Crippen molar-refractivity contribution in [3.05, 3.63) is 113 Å². The standard InChI is InChI=1S/C75H104N8O21/c1-42(2)51(85)39-98-40-55(86)80-57(43(3)4)65(89)79-50(28-23-33-77-68(76)92)64(88)78-49-31-29-46(30-32-49)38-99-69(93)82(13)34-35-83(14)70(94)102-60(58(81-71(7,8)9)47-24-19-17-20-25-47)67(91)101-52-37-75(95)63(103-66(90)48-26-21-18-22-27-48)61-73(12,62(87)59(97-16)56(44(52)5)72(75,10)11)53(96-15)36-54-74(61,41-100-54)104-45(6)84/h17-22,24-27,29-32,42-43,50,52-54,57-61,63,81,95H,23,28,33-41H2,1-16H3,(H,78,88)(H,79,89)(H,80,86)(H3,76,77,92)/t50-,52-,53-,54+,57-,58-,59+,60+,61-,63-,73+,74-,75+/m0/s1. The zero-order chi connectivity index (χ0) is 77.0. The average Bonchev–Trinajstić information content (AvgIpc) is 0.668. The molecule has 13 atom stereocenters. The minimum atomic E-state index is -2.32. The Kier molecular flexibility index (Phi) is 27.6. The number of Topliss-reactive ketones (excluding diaryl/α,β-unsaturated/α-hetero) is 2. The molecule has 0 radical (unpaired) electrons. The average molecular weight is 1450 g/mol. The van der Waals surface area contributed by atoms with Crippen molar-refractivity contribution in [1.29, 1.82) is 0 Å². The van der Waals surface area contributed by atoms with Gasteiger partial charge >= 0.3 is 36.1 Å². The molecule has 3 aromatic carbocycles. The van der Waals surface area contributed by atoms with E-state index >= 15 is 9.59 Å². The number of anilines is 1. The Bertz CT molecular complexity index is 3620. The lowest BCUT2D eigenvalue weighted by atomic mass is 9.44. The number of amides is 7. The fourth-order valence-electron chi connectivity index (χ4n) is 14.3. The van der Waals surface area contributed by atoms with Gasteiger partial charge in [-0.15, -0.1) is 0 Å². The van der Waals surface area contributed by atoms with E-state index in [2.05, 4.69) is 26.6 Å². The number of hydrogen-bond donors (Lipinski definition) is 7. The second-order valence-corrected chi connectivity index (χ2v) is 29.6. The smallest absolute Gasteiger partial charge is 0.410 e. The summed E-state index contributed by atoms with van der Waals surface area (Å²) in [4.78, 5) is 154. The molecule has 0 aromatic heterocycles. The van der Waals surface area contributed by atoms with Crippen molar-refractivity contribution in [1.82, 2.24) is 31.1 Å². The molecule has 570 valence electrons. The molecule has 7 rings (SSSR count). The third-order valence-corrected chi connectivity index (χ3v) is 20.1. The molecule has 1 saturated heterocycles. The number of aliphatic hydroxyl groups is 1. The third-order valence-electron chi connectivity index (χ3n) is 20.1. The van der Waals surface area contributed by atoms with Crippen molar-refractivity contribution in [2.24, 2.45) is 34.3 Å². The van der Waals surface area contributed by atoms with Crippen LogP contribution in [0.15, 0.2) is 96.1 Å². The molecular formula is C75H104N8O21. The molecular weight excluding hydrogens is 1350 g/mol. The molecule has 1 aliphatic heterocycles. The Morgan fingerprint density at radius 3 is 1.98 bits per heavy atom. The molecule has 3 aliphatic carbocycles. The predicted octanol–water partition coefficient (Wildman–Crippen LogP) is 6.03. The molecule has 7 amide bonds. The molecule has 0 spiro atoms. The van der Waals surface area contributed by atoms with Gasteiger partial charge in [-0.3, -0.25) is 28.8 Å². The molecule has 29 nitrogen and oxygen atoms in total. The van der Waals surface area contributed by atoms with E-state index < -0.39 is 167 Å². The van der Waals surface area contributed by atoms with Crippen LogP contribution in [0.25, 0.3) is 0 Å². The number of hydrogen-bond acceptors (Lipinski definition) is 22. The van der Waals surface area contributed by atoms with E-state index in [4.69, 9.17) is 48.4 Å². The fraction of sp³-hybridized carbons (Fsp3) is 0.587. The van der Waals surface area contributed by atoms with Gasteiger partial charge in [-0.05, 0) is 99.9 Å². The maximum absolute atomic E-state index is 16.0. The number of ketones is 2. The van der Waals surface area contributed by atoms with Crippen molar-refractivity contribution >= 4 is 71.1 Å². The van der Waals surface area contributed by atoms with Crippen LogP contribution in [-0.2, 0) is 82.8 Å². The van der Waals surface area contributed by atoms with E-state index in [1.54, 1.807) is 128 Å². The number of rotatable bonds is 31. The van der Waals surface area contributed by atoms with Gasteiger partial charge in [0.2, 0.25) is 23.8 Å². The normalized spacial score (nSPS) is 24.4. The van der Waals surface area contributed by atoms with Gasteiger partial charge in [-0.2, -0.15) is 0 Å². The van der Waals surface area contributed by atoms with Gasteiger partial charge < -0.3 is 89.9 Å². The van der Waals surface area contributed by atoms with Crippen LogP contribution in [0.4, 0.5) is 20.1 Å². The number of esters is 3.